The van der Waals surface area contributed by atoms with Gasteiger partial charge in [0.25, 0.3) is 0 Å². The van der Waals surface area contributed by atoms with Crippen LogP contribution in [0.15, 0.2) is 29.2 Å². The van der Waals surface area contributed by atoms with Crippen LogP contribution in [0.25, 0.3) is 0 Å². The summed E-state index contributed by atoms with van der Waals surface area (Å²) in [5.41, 5.74) is -0.0647. The van der Waals surface area contributed by atoms with Crippen LogP contribution in [0.4, 0.5) is 0 Å². The number of carboxylic acids is 1. The number of aliphatic hydroxyl groups is 1. The fourth-order valence-corrected chi connectivity index (χ4v) is 2.53. The zero-order chi connectivity index (χ0) is 12.2. The van der Waals surface area contributed by atoms with Crippen LogP contribution in [0.2, 0.25) is 0 Å². The highest BCUT2D eigenvalue weighted by Crippen LogP contribution is 2.14. The minimum atomic E-state index is -3.50. The Hall–Kier alpha value is -1.40. The van der Waals surface area contributed by atoms with E-state index in [1.54, 1.807) is 0 Å². The Morgan fingerprint density at radius 1 is 1.31 bits per heavy atom. The van der Waals surface area contributed by atoms with Crippen molar-refractivity contribution >= 4 is 15.8 Å². The summed E-state index contributed by atoms with van der Waals surface area (Å²) in [4.78, 5) is 10.6. The van der Waals surface area contributed by atoms with Crippen LogP contribution in [-0.4, -0.2) is 37.0 Å². The van der Waals surface area contributed by atoms with Crippen molar-refractivity contribution in [3.63, 3.8) is 0 Å². The summed E-state index contributed by atoms with van der Waals surface area (Å²) < 4.78 is 23.3. The molecule has 0 bridgehead atoms. The Morgan fingerprint density at radius 2 is 2.00 bits per heavy atom. The van der Waals surface area contributed by atoms with Gasteiger partial charge in [-0.2, -0.15) is 0 Å². The van der Waals surface area contributed by atoms with Crippen molar-refractivity contribution in [2.75, 3.05) is 12.4 Å². The first-order valence-corrected chi connectivity index (χ1v) is 6.29. The molecule has 1 aromatic rings. The zero-order valence-electron chi connectivity index (χ0n) is 8.46. The summed E-state index contributed by atoms with van der Waals surface area (Å²) >= 11 is 0. The molecule has 0 spiro atoms. The Bertz CT molecular complexity index is 478. The van der Waals surface area contributed by atoms with Gasteiger partial charge in [0.05, 0.1) is 16.2 Å². The molecule has 0 aliphatic rings. The lowest BCUT2D eigenvalue weighted by Gasteiger charge is -2.04. The molecule has 0 aliphatic heterocycles. The van der Waals surface area contributed by atoms with E-state index in [0.717, 1.165) is 6.07 Å². The number of hydrogen-bond acceptors (Lipinski definition) is 4. The Labute approximate surface area is 93.3 Å². The predicted octanol–water partition coefficient (Wildman–Crippen LogP) is 0.541. The van der Waals surface area contributed by atoms with Crippen molar-refractivity contribution in [2.45, 2.75) is 11.3 Å². The zero-order valence-corrected chi connectivity index (χ0v) is 9.27. The normalized spacial score (nSPS) is 11.3. The molecular formula is C10H12O5S. The molecule has 1 rings (SSSR count). The first-order chi connectivity index (χ1) is 7.47. The molecule has 0 aliphatic carbocycles. The molecule has 0 amide bonds. The second-order valence-corrected chi connectivity index (χ2v) is 5.34. The van der Waals surface area contributed by atoms with Crippen LogP contribution >= 0.6 is 0 Å². The highest BCUT2D eigenvalue weighted by atomic mass is 32.2. The average molecular weight is 244 g/mol. The van der Waals surface area contributed by atoms with Gasteiger partial charge < -0.3 is 10.2 Å². The quantitative estimate of drug-likeness (QED) is 0.788. The standard InChI is InChI=1S/C10H12O5S/c11-5-2-6-16(14,15)9-4-1-3-8(7-9)10(12)13/h1,3-4,7,11H,2,5-6H2,(H,12,13). The van der Waals surface area contributed by atoms with E-state index in [9.17, 15) is 13.2 Å². The summed E-state index contributed by atoms with van der Waals surface area (Å²) in [7, 11) is -3.50. The molecule has 0 atom stereocenters. The van der Waals surface area contributed by atoms with Crippen molar-refractivity contribution in [2.24, 2.45) is 0 Å². The van der Waals surface area contributed by atoms with Gasteiger partial charge in [0, 0.05) is 6.61 Å². The number of carbonyl (C=O) groups is 1. The molecule has 88 valence electrons. The van der Waals surface area contributed by atoms with Gasteiger partial charge in [-0.25, -0.2) is 13.2 Å². The van der Waals surface area contributed by atoms with E-state index in [1.165, 1.54) is 18.2 Å². The fraction of sp³-hybridized carbons (Fsp3) is 0.300. The van der Waals surface area contributed by atoms with Crippen LogP contribution in [-0.2, 0) is 9.84 Å². The average Bonchev–Trinajstić information content (AvgIpc) is 2.26. The third-order valence-electron chi connectivity index (χ3n) is 2.01. The number of rotatable bonds is 5. The van der Waals surface area contributed by atoms with Gasteiger partial charge in [0.1, 0.15) is 0 Å². The first-order valence-electron chi connectivity index (χ1n) is 4.64. The van der Waals surface area contributed by atoms with E-state index in [2.05, 4.69) is 0 Å². The fourth-order valence-electron chi connectivity index (χ4n) is 1.20. The van der Waals surface area contributed by atoms with Crippen molar-refractivity contribution in [3.05, 3.63) is 29.8 Å². The van der Waals surface area contributed by atoms with Crippen molar-refractivity contribution in [1.29, 1.82) is 0 Å². The third kappa shape index (κ3) is 3.04. The minimum Gasteiger partial charge on any atom is -0.478 e. The summed E-state index contributed by atoms with van der Waals surface area (Å²) in [6, 6.07) is 5.18. The minimum absolute atomic E-state index is 0.0270. The van der Waals surface area contributed by atoms with Crippen LogP contribution in [0, 0.1) is 0 Å². The molecule has 0 saturated heterocycles. The number of benzene rings is 1. The van der Waals surface area contributed by atoms with E-state index >= 15 is 0 Å². The van der Waals surface area contributed by atoms with Gasteiger partial charge in [-0.15, -0.1) is 0 Å². The molecule has 5 nitrogen and oxygen atoms in total. The van der Waals surface area contributed by atoms with Gasteiger partial charge in [0.2, 0.25) is 0 Å². The Kier molecular flexibility index (Phi) is 4.03. The summed E-state index contributed by atoms with van der Waals surface area (Å²) in [6.45, 7) is -0.210. The highest BCUT2D eigenvalue weighted by Gasteiger charge is 2.15. The molecule has 0 fully saturated rings. The van der Waals surface area contributed by atoms with Gasteiger partial charge in [0.15, 0.2) is 9.84 Å². The number of hydrogen-bond donors (Lipinski definition) is 2. The molecule has 0 saturated carbocycles. The van der Waals surface area contributed by atoms with Crippen LogP contribution in [0.1, 0.15) is 16.8 Å². The van der Waals surface area contributed by atoms with Crippen molar-refractivity contribution in [1.82, 2.24) is 0 Å². The Balaban J connectivity index is 3.04. The van der Waals surface area contributed by atoms with Gasteiger partial charge in [-0.05, 0) is 24.6 Å². The van der Waals surface area contributed by atoms with Crippen LogP contribution in [0.3, 0.4) is 0 Å². The molecule has 0 radical (unpaired) electrons. The lowest BCUT2D eigenvalue weighted by atomic mass is 10.2. The highest BCUT2D eigenvalue weighted by molar-refractivity contribution is 7.91. The second kappa shape index (κ2) is 5.09. The maximum Gasteiger partial charge on any atom is 0.335 e. The van der Waals surface area contributed by atoms with E-state index in [1.807, 2.05) is 0 Å². The third-order valence-corrected chi connectivity index (χ3v) is 3.81. The molecule has 0 unspecified atom stereocenters. The largest absolute Gasteiger partial charge is 0.478 e. The maximum atomic E-state index is 11.7. The monoisotopic (exact) mass is 244 g/mol. The van der Waals surface area contributed by atoms with Gasteiger partial charge >= 0.3 is 5.97 Å². The number of aliphatic hydroxyl groups excluding tert-OH is 1. The molecule has 0 aromatic heterocycles. The van der Waals surface area contributed by atoms with Crippen LogP contribution in [0.5, 0.6) is 0 Å². The molecule has 16 heavy (non-hydrogen) atoms. The number of aromatic carboxylic acids is 1. The van der Waals surface area contributed by atoms with Crippen molar-refractivity contribution in [3.8, 4) is 0 Å². The van der Waals surface area contributed by atoms with Gasteiger partial charge in [-0.1, -0.05) is 6.07 Å². The molecule has 2 N–H and O–H groups in total. The molecular weight excluding hydrogens is 232 g/mol. The maximum absolute atomic E-state index is 11.7. The van der Waals surface area contributed by atoms with Crippen molar-refractivity contribution < 1.29 is 23.4 Å². The van der Waals surface area contributed by atoms with E-state index < -0.39 is 15.8 Å². The van der Waals surface area contributed by atoms with E-state index in [0.29, 0.717) is 0 Å². The van der Waals surface area contributed by atoms with Crippen LogP contribution < -0.4 is 0 Å². The predicted molar refractivity (Wildman–Crippen MR) is 57.2 cm³/mol. The number of carboxylic acid groups (broad SMARTS) is 1. The van der Waals surface area contributed by atoms with E-state index in [-0.39, 0.29) is 29.2 Å². The molecule has 0 heterocycles. The summed E-state index contributed by atoms with van der Waals surface area (Å²) in [6.07, 6.45) is 0.139. The van der Waals surface area contributed by atoms with E-state index in [4.69, 9.17) is 10.2 Å². The molecule has 1 aromatic carbocycles. The summed E-state index contributed by atoms with van der Waals surface area (Å²) in [5.74, 6) is -1.36. The molecule has 6 heteroatoms. The Morgan fingerprint density at radius 3 is 2.56 bits per heavy atom. The first kappa shape index (κ1) is 12.7. The second-order valence-electron chi connectivity index (χ2n) is 3.23. The lowest BCUT2D eigenvalue weighted by molar-refractivity contribution is 0.0696. The lowest BCUT2D eigenvalue weighted by Crippen LogP contribution is -2.09. The summed E-state index contributed by atoms with van der Waals surface area (Å²) in [5, 5.41) is 17.3. The topological polar surface area (TPSA) is 91.7 Å². The van der Waals surface area contributed by atoms with Gasteiger partial charge in [-0.3, -0.25) is 0 Å². The SMILES string of the molecule is O=C(O)c1cccc(S(=O)(=O)CCCO)c1. The number of sulfone groups is 1. The smallest absolute Gasteiger partial charge is 0.335 e.